The maximum absolute atomic E-state index is 10.9. The first-order valence-corrected chi connectivity index (χ1v) is 16.0. The second kappa shape index (κ2) is 10.7. The van der Waals surface area contributed by atoms with E-state index in [0.717, 1.165) is 44.5 Å². The van der Waals surface area contributed by atoms with E-state index in [1.165, 1.54) is 0 Å². The third-order valence-electron chi connectivity index (χ3n) is 10.1. The molecule has 13 heteroatoms. The molecular weight excluding hydrogens is 682 g/mol. The lowest BCUT2D eigenvalue weighted by molar-refractivity contribution is 0.329. The molecule has 0 atom stereocenters. The second-order valence-corrected chi connectivity index (χ2v) is 12.7. The third-order valence-corrected chi connectivity index (χ3v) is 10.1. The van der Waals surface area contributed by atoms with Crippen LogP contribution < -0.4 is 0 Å². The van der Waals surface area contributed by atoms with Crippen LogP contribution in [-0.4, -0.2) is 66.0 Å². The topological polar surface area (TPSA) is 241 Å². The van der Waals surface area contributed by atoms with Crippen molar-refractivity contribution in [2.24, 2.45) is 0 Å². The highest BCUT2D eigenvalue weighted by Crippen LogP contribution is 2.63. The Morgan fingerprint density at radius 2 is 0.642 bits per heavy atom. The van der Waals surface area contributed by atoms with Crippen molar-refractivity contribution >= 4 is 0 Å². The minimum absolute atomic E-state index is 0.199. The Bertz CT molecular complexity index is 2560. The van der Waals surface area contributed by atoms with Gasteiger partial charge in [-0.2, -0.15) is 0 Å². The van der Waals surface area contributed by atoms with Gasteiger partial charge in [0.15, 0.2) is 40.5 Å². The molecule has 0 unspecified atom stereocenters. The zero-order chi connectivity index (χ0) is 37.1. The van der Waals surface area contributed by atoms with Crippen LogP contribution in [0.3, 0.4) is 0 Å². The fourth-order valence-electron chi connectivity index (χ4n) is 7.76. The smallest absolute Gasteiger partial charge is 0.208 e. The molecule has 7 aromatic rings. The van der Waals surface area contributed by atoms with Crippen molar-refractivity contribution in [1.29, 1.82) is 0 Å². The van der Waals surface area contributed by atoms with Gasteiger partial charge in [-0.15, -0.1) is 0 Å². The summed E-state index contributed by atoms with van der Waals surface area (Å²) in [6.45, 7) is 0. The zero-order valence-electron chi connectivity index (χ0n) is 27.0. The van der Waals surface area contributed by atoms with Crippen LogP contribution in [0.15, 0.2) is 91.0 Å². The zero-order valence-corrected chi connectivity index (χ0v) is 27.0. The van der Waals surface area contributed by atoms with E-state index in [0.29, 0.717) is 5.56 Å². The van der Waals surface area contributed by atoms with E-state index in [9.17, 15) is 51.1 Å². The van der Waals surface area contributed by atoms with Gasteiger partial charge in [0.1, 0.15) is 11.1 Å². The van der Waals surface area contributed by atoms with Crippen LogP contribution in [0, 0.1) is 0 Å². The normalized spacial score (nSPS) is 13.1. The molecule has 10 N–H and O–H groups in total. The fourth-order valence-corrected chi connectivity index (χ4v) is 7.76. The lowest BCUT2D eigenvalue weighted by Crippen LogP contribution is -2.25. The third kappa shape index (κ3) is 3.92. The van der Waals surface area contributed by atoms with E-state index < -0.39 is 85.7 Å². The number of phenols is 10. The molecule has 13 nitrogen and oxygen atoms in total. The summed E-state index contributed by atoms with van der Waals surface area (Å²) >= 11 is 0. The van der Waals surface area contributed by atoms with E-state index in [2.05, 4.69) is 45.3 Å². The van der Waals surface area contributed by atoms with E-state index in [1.54, 1.807) is 6.07 Å². The Balaban J connectivity index is 1.36. The molecule has 0 aliphatic heterocycles. The van der Waals surface area contributed by atoms with Crippen LogP contribution in [0.25, 0.3) is 56.4 Å². The molecule has 1 spiro atoms. The minimum Gasteiger partial charge on any atom is -0.504 e. The average molecular weight is 708 g/mol. The van der Waals surface area contributed by atoms with Crippen LogP contribution in [0.5, 0.6) is 57.5 Å². The number of aromatic nitrogens is 3. The summed E-state index contributed by atoms with van der Waals surface area (Å²) in [6.07, 6.45) is 0. The molecule has 0 radical (unpaired) electrons. The number of fused-ring (bicyclic) bond motifs is 10. The van der Waals surface area contributed by atoms with Crippen molar-refractivity contribution in [1.82, 2.24) is 15.0 Å². The van der Waals surface area contributed by atoms with E-state index in [-0.39, 0.29) is 5.82 Å². The summed E-state index contributed by atoms with van der Waals surface area (Å²) in [5, 5.41) is 105. The summed E-state index contributed by atoms with van der Waals surface area (Å²) < 4.78 is 0. The van der Waals surface area contributed by atoms with Crippen LogP contribution in [0.2, 0.25) is 0 Å². The molecule has 2 aliphatic rings. The molecule has 1 heterocycles. The van der Waals surface area contributed by atoms with Crippen LogP contribution in [-0.2, 0) is 5.41 Å². The van der Waals surface area contributed by atoms with Gasteiger partial charge in [-0.1, -0.05) is 84.9 Å². The van der Waals surface area contributed by atoms with Crippen molar-refractivity contribution in [2.75, 3.05) is 0 Å². The van der Waals surface area contributed by atoms with Crippen molar-refractivity contribution in [2.45, 2.75) is 5.41 Å². The van der Waals surface area contributed by atoms with E-state index in [1.807, 2.05) is 54.6 Å². The molecule has 260 valence electrons. The van der Waals surface area contributed by atoms with E-state index >= 15 is 0 Å². The van der Waals surface area contributed by atoms with Crippen LogP contribution in [0.4, 0.5) is 0 Å². The molecule has 1 aromatic heterocycles. The van der Waals surface area contributed by atoms with Crippen molar-refractivity contribution in [3.63, 3.8) is 0 Å². The van der Waals surface area contributed by atoms with Crippen LogP contribution in [0.1, 0.15) is 22.3 Å². The maximum atomic E-state index is 10.9. The van der Waals surface area contributed by atoms with Gasteiger partial charge in [-0.3, -0.25) is 0 Å². The minimum atomic E-state index is -1.23. The molecule has 0 saturated heterocycles. The van der Waals surface area contributed by atoms with Crippen molar-refractivity contribution in [3.05, 3.63) is 113 Å². The maximum Gasteiger partial charge on any atom is 0.208 e. The molecule has 53 heavy (non-hydrogen) atoms. The highest BCUT2D eigenvalue weighted by molar-refractivity contribution is 5.96. The van der Waals surface area contributed by atoms with Gasteiger partial charge >= 0.3 is 0 Å². The quantitative estimate of drug-likeness (QED) is 0.0720. The lowest BCUT2D eigenvalue weighted by Gasteiger charge is -2.30. The van der Waals surface area contributed by atoms with Crippen molar-refractivity contribution in [3.8, 4) is 114 Å². The summed E-state index contributed by atoms with van der Waals surface area (Å²) in [5.74, 6) is -13.4. The second-order valence-electron chi connectivity index (χ2n) is 12.7. The Morgan fingerprint density at radius 1 is 0.321 bits per heavy atom. The standard InChI is InChI=1S/C40H25N3O10/c44-27-25(28(45)32(49)35(52)31(27)48)38-41-37(42-39(43-38)26-29(46)33(50)36(53)34(51)30(26)47)16-13-14-20-19-9-3-6-12-23(19)40(24(20)15-16)21-10-4-1-7-17(21)18-8-2-5-11-22(18)40/h1-15,44-53H. The van der Waals surface area contributed by atoms with Crippen molar-refractivity contribution < 1.29 is 51.1 Å². The fraction of sp³-hybridized carbons (Fsp3) is 0.0250. The van der Waals surface area contributed by atoms with Gasteiger partial charge in [0.25, 0.3) is 0 Å². The first-order valence-electron chi connectivity index (χ1n) is 16.0. The summed E-state index contributed by atoms with van der Waals surface area (Å²) in [4.78, 5) is 13.0. The molecular formula is C40H25N3O10. The van der Waals surface area contributed by atoms with Crippen LogP contribution >= 0.6 is 0 Å². The highest BCUT2D eigenvalue weighted by Gasteiger charge is 2.51. The van der Waals surface area contributed by atoms with Gasteiger partial charge < -0.3 is 51.1 Å². The average Bonchev–Trinajstić information content (AvgIpc) is 3.65. The monoisotopic (exact) mass is 707 g/mol. The number of phenolic OH excluding ortho intramolecular Hbond substituents is 10. The molecule has 0 bridgehead atoms. The first kappa shape index (κ1) is 31.3. The Kier molecular flexibility index (Phi) is 6.30. The van der Waals surface area contributed by atoms with Gasteiger partial charge in [0.2, 0.25) is 34.5 Å². The molecule has 0 fully saturated rings. The molecule has 0 saturated carbocycles. The van der Waals surface area contributed by atoms with E-state index in [4.69, 9.17) is 0 Å². The molecule has 2 aliphatic carbocycles. The van der Waals surface area contributed by atoms with Gasteiger partial charge in [0.05, 0.1) is 5.41 Å². The number of rotatable bonds is 3. The number of hydrogen-bond acceptors (Lipinski definition) is 13. The van der Waals surface area contributed by atoms with Gasteiger partial charge in [-0.25, -0.2) is 15.0 Å². The summed E-state index contributed by atoms with van der Waals surface area (Å²) in [5.41, 5.74) is 5.95. The summed E-state index contributed by atoms with van der Waals surface area (Å²) in [6, 6.07) is 29.7. The predicted molar refractivity (Wildman–Crippen MR) is 189 cm³/mol. The number of aromatic hydroxyl groups is 10. The lowest BCUT2D eigenvalue weighted by atomic mass is 9.70. The molecule has 0 amide bonds. The molecule has 9 rings (SSSR count). The van der Waals surface area contributed by atoms with Gasteiger partial charge in [-0.05, 0) is 50.6 Å². The Labute approximate surface area is 298 Å². The van der Waals surface area contributed by atoms with Gasteiger partial charge in [0, 0.05) is 5.56 Å². The highest BCUT2D eigenvalue weighted by atomic mass is 16.4. The predicted octanol–water partition coefficient (Wildman–Crippen LogP) is 6.27. The summed E-state index contributed by atoms with van der Waals surface area (Å²) in [7, 11) is 0. The number of nitrogens with zero attached hydrogens (tertiary/aromatic N) is 3. The SMILES string of the molecule is Oc1c(O)c(O)c(-c2nc(-c3ccc4c(c3)C3(c5ccccc5-c5ccccc53)c3ccccc3-4)nc(-c3c(O)c(O)c(O)c(O)c3O)n2)c(O)c1O. The number of benzene rings is 6. The molecule has 6 aromatic carbocycles. The first-order chi connectivity index (χ1) is 25.5. The Hall–Kier alpha value is -7.67. The largest absolute Gasteiger partial charge is 0.504 e. The Morgan fingerprint density at radius 3 is 1.04 bits per heavy atom. The number of hydrogen-bond donors (Lipinski definition) is 10.